The van der Waals surface area contributed by atoms with Crippen LogP contribution in [0.5, 0.6) is 0 Å². The zero-order chi connectivity index (χ0) is 20.0. The fourth-order valence-electron chi connectivity index (χ4n) is 2.88. The summed E-state index contributed by atoms with van der Waals surface area (Å²) in [6.45, 7) is 1.38. The van der Waals surface area contributed by atoms with Gasteiger partial charge >= 0.3 is 6.03 Å². The first-order valence-corrected chi connectivity index (χ1v) is 10.3. The number of nitrogens with zero attached hydrogens (tertiary/aromatic N) is 2. The Hall–Kier alpha value is -2.17. The predicted octanol–water partition coefficient (Wildman–Crippen LogP) is 0.256. The molecule has 0 saturated carbocycles. The van der Waals surface area contributed by atoms with Gasteiger partial charge in [-0.3, -0.25) is 4.79 Å². The minimum absolute atomic E-state index is 0.0586. The van der Waals surface area contributed by atoms with Crippen LogP contribution in [0.2, 0.25) is 0 Å². The number of urea groups is 1. The Labute approximate surface area is 159 Å². The predicted molar refractivity (Wildman–Crippen MR) is 103 cm³/mol. The molecule has 2 rings (SSSR count). The van der Waals surface area contributed by atoms with E-state index in [1.165, 1.54) is 17.0 Å². The maximum absolute atomic E-state index is 12.5. The highest BCUT2D eigenvalue weighted by Gasteiger charge is 2.28. The second-order valence-electron chi connectivity index (χ2n) is 6.64. The van der Waals surface area contributed by atoms with Crippen LogP contribution in [-0.4, -0.2) is 70.4 Å². The van der Waals surface area contributed by atoms with E-state index in [0.717, 1.165) is 0 Å². The smallest absolute Gasteiger partial charge is 0.319 e. The van der Waals surface area contributed by atoms with Crippen molar-refractivity contribution in [2.45, 2.75) is 17.7 Å². The fraction of sp³-hybridized carbons (Fsp3) is 0.529. The van der Waals surface area contributed by atoms with Gasteiger partial charge in [0.25, 0.3) is 0 Å². The van der Waals surface area contributed by atoms with Crippen LogP contribution >= 0.6 is 0 Å². The Kier molecular flexibility index (Phi) is 7.17. The van der Waals surface area contributed by atoms with Crippen LogP contribution < -0.4 is 15.8 Å². The second kappa shape index (κ2) is 9.16. The van der Waals surface area contributed by atoms with Gasteiger partial charge in [-0.1, -0.05) is 6.07 Å². The van der Waals surface area contributed by atoms with Crippen molar-refractivity contribution in [3.8, 4) is 0 Å². The third-order valence-electron chi connectivity index (χ3n) is 4.37. The standard InChI is InChI=1S/C17H27N5O4S/c1-21(2)17(24)22-10-6-13(7-11-22)16(23)20-14-4-3-5-15(12-14)27(25,26)19-9-8-18/h3-5,12-13,19H,6-11,18H2,1-2H3,(H,20,23). The van der Waals surface area contributed by atoms with E-state index >= 15 is 0 Å². The van der Waals surface area contributed by atoms with Crippen LogP contribution in [-0.2, 0) is 14.8 Å². The molecule has 0 bridgehead atoms. The average molecular weight is 398 g/mol. The summed E-state index contributed by atoms with van der Waals surface area (Å²) in [4.78, 5) is 27.8. The fourth-order valence-corrected chi connectivity index (χ4v) is 3.97. The number of amides is 3. The number of hydrogen-bond donors (Lipinski definition) is 3. The van der Waals surface area contributed by atoms with Gasteiger partial charge in [-0.05, 0) is 31.0 Å². The van der Waals surface area contributed by atoms with Crippen LogP contribution in [0.3, 0.4) is 0 Å². The first kappa shape index (κ1) is 21.1. The minimum Gasteiger partial charge on any atom is -0.331 e. The van der Waals surface area contributed by atoms with Crippen LogP contribution in [0.4, 0.5) is 10.5 Å². The highest BCUT2D eigenvalue weighted by Crippen LogP contribution is 2.21. The lowest BCUT2D eigenvalue weighted by molar-refractivity contribution is -0.121. The van der Waals surface area contributed by atoms with E-state index in [1.54, 1.807) is 31.1 Å². The number of nitrogens with one attached hydrogen (secondary N) is 2. The van der Waals surface area contributed by atoms with E-state index in [4.69, 9.17) is 5.73 Å². The number of anilines is 1. The van der Waals surface area contributed by atoms with E-state index in [0.29, 0.717) is 31.6 Å². The summed E-state index contributed by atoms with van der Waals surface area (Å²) in [7, 11) is -0.263. The van der Waals surface area contributed by atoms with Crippen molar-refractivity contribution in [2.24, 2.45) is 11.7 Å². The molecule has 1 saturated heterocycles. The number of piperidine rings is 1. The molecule has 9 nitrogen and oxygen atoms in total. The quantitative estimate of drug-likeness (QED) is 0.635. The summed E-state index contributed by atoms with van der Waals surface area (Å²) in [5, 5.41) is 2.78. The summed E-state index contributed by atoms with van der Waals surface area (Å²) in [5.74, 6) is -0.386. The zero-order valence-electron chi connectivity index (χ0n) is 15.6. The molecular formula is C17H27N5O4S. The molecule has 27 heavy (non-hydrogen) atoms. The van der Waals surface area contributed by atoms with Gasteiger partial charge in [0.1, 0.15) is 0 Å². The first-order chi connectivity index (χ1) is 12.7. The van der Waals surface area contributed by atoms with Gasteiger partial charge < -0.3 is 20.9 Å². The second-order valence-corrected chi connectivity index (χ2v) is 8.41. The minimum atomic E-state index is -3.66. The first-order valence-electron chi connectivity index (χ1n) is 8.81. The van der Waals surface area contributed by atoms with Crippen molar-refractivity contribution in [3.05, 3.63) is 24.3 Å². The molecule has 150 valence electrons. The molecule has 0 unspecified atom stereocenters. The highest BCUT2D eigenvalue weighted by atomic mass is 32.2. The zero-order valence-corrected chi connectivity index (χ0v) is 16.5. The van der Waals surface area contributed by atoms with E-state index < -0.39 is 10.0 Å². The van der Waals surface area contributed by atoms with E-state index in [1.807, 2.05) is 0 Å². The average Bonchev–Trinajstić information content (AvgIpc) is 2.66. The molecule has 1 heterocycles. The molecule has 1 fully saturated rings. The van der Waals surface area contributed by atoms with Gasteiger partial charge in [-0.2, -0.15) is 0 Å². The molecule has 4 N–H and O–H groups in total. The van der Waals surface area contributed by atoms with E-state index in [9.17, 15) is 18.0 Å². The number of carbonyl (C=O) groups is 2. The summed E-state index contributed by atoms with van der Waals surface area (Å²) in [6, 6.07) is 6.04. The summed E-state index contributed by atoms with van der Waals surface area (Å²) >= 11 is 0. The summed E-state index contributed by atoms with van der Waals surface area (Å²) in [5.41, 5.74) is 5.74. The number of benzene rings is 1. The molecule has 0 aliphatic carbocycles. The number of rotatable bonds is 6. The lowest BCUT2D eigenvalue weighted by Gasteiger charge is -2.33. The molecule has 0 spiro atoms. The van der Waals surface area contributed by atoms with Crippen LogP contribution in [0.15, 0.2) is 29.2 Å². The van der Waals surface area contributed by atoms with Crippen molar-refractivity contribution in [1.82, 2.24) is 14.5 Å². The van der Waals surface area contributed by atoms with Crippen molar-refractivity contribution >= 4 is 27.6 Å². The number of hydrogen-bond acceptors (Lipinski definition) is 5. The van der Waals surface area contributed by atoms with E-state index in [2.05, 4.69) is 10.0 Å². The van der Waals surface area contributed by atoms with Gasteiger partial charge in [-0.25, -0.2) is 17.9 Å². The van der Waals surface area contributed by atoms with Gasteiger partial charge in [0.15, 0.2) is 0 Å². The molecule has 0 radical (unpaired) electrons. The molecule has 1 aliphatic heterocycles. The topological polar surface area (TPSA) is 125 Å². The summed E-state index contributed by atoms with van der Waals surface area (Å²) < 4.78 is 26.7. The molecule has 10 heteroatoms. The summed E-state index contributed by atoms with van der Waals surface area (Å²) in [6.07, 6.45) is 1.14. The Morgan fingerprint density at radius 3 is 2.52 bits per heavy atom. The molecular weight excluding hydrogens is 370 g/mol. The van der Waals surface area contributed by atoms with Crippen molar-refractivity contribution in [1.29, 1.82) is 0 Å². The maximum Gasteiger partial charge on any atom is 0.319 e. The number of carbonyl (C=O) groups excluding carboxylic acids is 2. The van der Waals surface area contributed by atoms with Gasteiger partial charge in [0.2, 0.25) is 15.9 Å². The number of nitrogens with two attached hydrogens (primary N) is 1. The Morgan fingerprint density at radius 1 is 1.26 bits per heavy atom. The number of likely N-dealkylation sites (tertiary alicyclic amines) is 1. The highest BCUT2D eigenvalue weighted by molar-refractivity contribution is 7.89. The van der Waals surface area contributed by atoms with Crippen LogP contribution in [0, 0.1) is 5.92 Å². The SMILES string of the molecule is CN(C)C(=O)N1CCC(C(=O)Nc2cccc(S(=O)(=O)NCCN)c2)CC1. The van der Waals surface area contributed by atoms with Crippen molar-refractivity contribution in [2.75, 3.05) is 45.6 Å². The normalized spacial score (nSPS) is 15.4. The third kappa shape index (κ3) is 5.65. The van der Waals surface area contributed by atoms with Gasteiger partial charge in [0, 0.05) is 51.9 Å². The molecule has 1 aromatic rings. The lowest BCUT2D eigenvalue weighted by atomic mass is 9.96. The van der Waals surface area contributed by atoms with Crippen molar-refractivity contribution in [3.63, 3.8) is 0 Å². The van der Waals surface area contributed by atoms with Crippen LogP contribution in [0.25, 0.3) is 0 Å². The molecule has 1 aromatic carbocycles. The maximum atomic E-state index is 12.5. The molecule has 0 atom stereocenters. The Morgan fingerprint density at radius 2 is 1.93 bits per heavy atom. The molecule has 1 aliphatic rings. The van der Waals surface area contributed by atoms with E-state index in [-0.39, 0.29) is 35.8 Å². The monoisotopic (exact) mass is 397 g/mol. The molecule has 3 amide bonds. The lowest BCUT2D eigenvalue weighted by Crippen LogP contribution is -2.45. The van der Waals surface area contributed by atoms with Gasteiger partial charge in [0.05, 0.1) is 4.90 Å². The van der Waals surface area contributed by atoms with Crippen LogP contribution in [0.1, 0.15) is 12.8 Å². The largest absolute Gasteiger partial charge is 0.331 e. The molecule has 0 aromatic heterocycles. The Balaban J connectivity index is 1.97. The number of sulfonamides is 1. The Bertz CT molecular complexity index is 773. The van der Waals surface area contributed by atoms with Gasteiger partial charge in [-0.15, -0.1) is 0 Å². The third-order valence-corrected chi connectivity index (χ3v) is 5.83. The van der Waals surface area contributed by atoms with Crippen molar-refractivity contribution < 1.29 is 18.0 Å².